The first-order chi connectivity index (χ1) is 16.5. The molecule has 0 spiro atoms. The normalized spacial score (nSPS) is 14.7. The van der Waals surface area contributed by atoms with Crippen molar-refractivity contribution in [1.29, 1.82) is 0 Å². The zero-order chi connectivity index (χ0) is 25.4. The predicted octanol–water partition coefficient (Wildman–Crippen LogP) is 6.85. The van der Waals surface area contributed by atoms with Crippen LogP contribution in [-0.4, -0.2) is 29.7 Å². The Morgan fingerprint density at radius 2 is 1.91 bits per heavy atom. The van der Waals surface area contributed by atoms with Crippen LogP contribution in [0.1, 0.15) is 50.0 Å². The molecule has 3 aromatic rings. The molecule has 1 aliphatic heterocycles. The third kappa shape index (κ3) is 5.36. The number of hydrogen-bond donors (Lipinski definition) is 0. The molecule has 5 nitrogen and oxygen atoms in total. The van der Waals surface area contributed by atoms with E-state index in [1.807, 2.05) is 6.07 Å². The molecule has 0 bridgehead atoms. The SMILES string of the molecule is COC(=O)C(OC(C)(C)C)c1c(C(F)(F)F)ccc(-c2cnsc2)c1-c1ccc2c(c1)CCCO2. The van der Waals surface area contributed by atoms with E-state index >= 15 is 0 Å². The highest BCUT2D eigenvalue weighted by molar-refractivity contribution is 7.03. The number of carbonyl (C=O) groups excluding carboxylic acids is 1. The molecule has 4 rings (SSSR count). The number of aryl methyl sites for hydroxylation is 1. The number of halogens is 3. The van der Waals surface area contributed by atoms with Gasteiger partial charge in [-0.1, -0.05) is 12.1 Å². The van der Waals surface area contributed by atoms with Crippen LogP contribution >= 0.6 is 11.5 Å². The van der Waals surface area contributed by atoms with Gasteiger partial charge >= 0.3 is 12.1 Å². The smallest absolute Gasteiger partial charge is 0.416 e. The van der Waals surface area contributed by atoms with E-state index in [9.17, 15) is 18.0 Å². The van der Waals surface area contributed by atoms with Crippen LogP contribution in [0, 0.1) is 0 Å². The number of methoxy groups -OCH3 is 1. The number of benzene rings is 2. The third-order valence-electron chi connectivity index (χ3n) is 5.64. The number of nitrogens with zero attached hydrogens (tertiary/aromatic N) is 1. The summed E-state index contributed by atoms with van der Waals surface area (Å²) in [7, 11) is 1.14. The van der Waals surface area contributed by atoms with Crippen LogP contribution in [0.15, 0.2) is 41.9 Å². The van der Waals surface area contributed by atoms with Crippen molar-refractivity contribution in [2.24, 2.45) is 0 Å². The second-order valence-electron chi connectivity index (χ2n) is 9.27. The molecule has 0 N–H and O–H groups in total. The van der Waals surface area contributed by atoms with Crippen molar-refractivity contribution in [3.63, 3.8) is 0 Å². The second kappa shape index (κ2) is 9.62. The lowest BCUT2D eigenvalue weighted by Crippen LogP contribution is -2.30. The zero-order valence-corrected chi connectivity index (χ0v) is 20.7. The Bertz CT molecular complexity index is 1220. The Morgan fingerprint density at radius 1 is 1.14 bits per heavy atom. The molecular formula is C26H26F3NO4S. The number of aromatic nitrogens is 1. The average Bonchev–Trinajstić information content (AvgIpc) is 3.34. The van der Waals surface area contributed by atoms with E-state index in [2.05, 4.69) is 4.37 Å². The fraction of sp³-hybridized carbons (Fsp3) is 0.385. The Kier molecular flexibility index (Phi) is 6.92. The van der Waals surface area contributed by atoms with Crippen LogP contribution < -0.4 is 4.74 Å². The van der Waals surface area contributed by atoms with Gasteiger partial charge in [0.25, 0.3) is 0 Å². The molecule has 1 aliphatic rings. The molecule has 0 saturated carbocycles. The van der Waals surface area contributed by atoms with Crippen LogP contribution in [0.25, 0.3) is 22.3 Å². The van der Waals surface area contributed by atoms with Crippen LogP contribution in [-0.2, 0) is 26.9 Å². The Balaban J connectivity index is 2.09. The van der Waals surface area contributed by atoms with E-state index < -0.39 is 29.4 Å². The van der Waals surface area contributed by atoms with Gasteiger partial charge in [0, 0.05) is 22.7 Å². The first kappa shape index (κ1) is 25.2. The van der Waals surface area contributed by atoms with Crippen molar-refractivity contribution in [3.8, 4) is 28.0 Å². The van der Waals surface area contributed by atoms with Crippen LogP contribution in [0.3, 0.4) is 0 Å². The molecule has 1 atom stereocenters. The van der Waals surface area contributed by atoms with E-state index in [1.54, 1.807) is 44.5 Å². The lowest BCUT2D eigenvalue weighted by molar-refractivity contribution is -0.166. The van der Waals surface area contributed by atoms with Gasteiger partial charge in [-0.2, -0.15) is 13.2 Å². The molecule has 2 heterocycles. The van der Waals surface area contributed by atoms with E-state index in [0.29, 0.717) is 29.0 Å². The molecule has 0 saturated heterocycles. The van der Waals surface area contributed by atoms with Gasteiger partial charge in [-0.05, 0) is 85.6 Å². The Hall–Kier alpha value is -2.91. The van der Waals surface area contributed by atoms with Crippen molar-refractivity contribution in [2.75, 3.05) is 13.7 Å². The molecule has 1 aromatic heterocycles. The molecule has 35 heavy (non-hydrogen) atoms. The average molecular weight is 506 g/mol. The lowest BCUT2D eigenvalue weighted by atomic mass is 9.84. The molecular weight excluding hydrogens is 479 g/mol. The highest BCUT2D eigenvalue weighted by Crippen LogP contribution is 2.47. The number of esters is 1. The van der Waals surface area contributed by atoms with Crippen molar-refractivity contribution < 1.29 is 32.2 Å². The Labute approximate surface area is 206 Å². The van der Waals surface area contributed by atoms with Gasteiger partial charge in [0.05, 0.1) is 24.9 Å². The molecule has 1 unspecified atom stereocenters. The fourth-order valence-electron chi connectivity index (χ4n) is 4.23. The lowest BCUT2D eigenvalue weighted by Gasteiger charge is -2.30. The summed E-state index contributed by atoms with van der Waals surface area (Å²) >= 11 is 1.19. The van der Waals surface area contributed by atoms with E-state index in [-0.39, 0.29) is 11.1 Å². The fourth-order valence-corrected chi connectivity index (χ4v) is 4.77. The topological polar surface area (TPSA) is 57.7 Å². The van der Waals surface area contributed by atoms with Crippen LogP contribution in [0.4, 0.5) is 13.2 Å². The maximum atomic E-state index is 14.4. The van der Waals surface area contributed by atoms with Crippen molar-refractivity contribution >= 4 is 17.5 Å². The van der Waals surface area contributed by atoms with Gasteiger partial charge in [-0.25, -0.2) is 9.17 Å². The molecule has 0 amide bonds. The largest absolute Gasteiger partial charge is 0.493 e. The van der Waals surface area contributed by atoms with E-state index in [0.717, 1.165) is 31.6 Å². The maximum absolute atomic E-state index is 14.4. The highest BCUT2D eigenvalue weighted by Gasteiger charge is 2.42. The van der Waals surface area contributed by atoms with Gasteiger partial charge in [-0.3, -0.25) is 0 Å². The minimum atomic E-state index is -4.74. The monoisotopic (exact) mass is 505 g/mol. The highest BCUT2D eigenvalue weighted by atomic mass is 32.1. The summed E-state index contributed by atoms with van der Waals surface area (Å²) < 4.78 is 64.0. The number of ether oxygens (including phenoxy) is 3. The minimum Gasteiger partial charge on any atom is -0.493 e. The number of alkyl halides is 3. The number of rotatable bonds is 5. The van der Waals surface area contributed by atoms with Gasteiger partial charge in [0.1, 0.15) is 5.75 Å². The van der Waals surface area contributed by atoms with Gasteiger partial charge in [0.2, 0.25) is 0 Å². The van der Waals surface area contributed by atoms with E-state index in [4.69, 9.17) is 14.2 Å². The van der Waals surface area contributed by atoms with Crippen molar-refractivity contribution in [1.82, 2.24) is 4.37 Å². The molecule has 186 valence electrons. The van der Waals surface area contributed by atoms with E-state index in [1.165, 1.54) is 17.6 Å². The number of fused-ring (bicyclic) bond motifs is 1. The summed E-state index contributed by atoms with van der Waals surface area (Å²) in [5, 5.41) is 1.76. The van der Waals surface area contributed by atoms with Crippen LogP contribution in [0.5, 0.6) is 5.75 Å². The molecule has 2 aromatic carbocycles. The van der Waals surface area contributed by atoms with Gasteiger partial charge in [0.15, 0.2) is 6.10 Å². The van der Waals surface area contributed by atoms with Crippen molar-refractivity contribution in [2.45, 2.75) is 51.5 Å². The Morgan fingerprint density at radius 3 is 2.54 bits per heavy atom. The van der Waals surface area contributed by atoms with Crippen molar-refractivity contribution in [3.05, 3.63) is 58.6 Å². The number of hydrogen-bond acceptors (Lipinski definition) is 6. The first-order valence-electron chi connectivity index (χ1n) is 11.1. The van der Waals surface area contributed by atoms with Gasteiger partial charge in [-0.15, -0.1) is 0 Å². The molecule has 0 radical (unpaired) electrons. The summed E-state index contributed by atoms with van der Waals surface area (Å²) in [5.41, 5.74) is 0.697. The summed E-state index contributed by atoms with van der Waals surface area (Å²) in [6.45, 7) is 5.63. The quantitative estimate of drug-likeness (QED) is 0.355. The van der Waals surface area contributed by atoms with Gasteiger partial charge < -0.3 is 14.2 Å². The summed E-state index contributed by atoms with van der Waals surface area (Å²) in [6.07, 6.45) is -3.19. The second-order valence-corrected chi connectivity index (χ2v) is 9.93. The number of carbonyl (C=O) groups is 1. The maximum Gasteiger partial charge on any atom is 0.416 e. The molecule has 9 heteroatoms. The third-order valence-corrected chi connectivity index (χ3v) is 6.23. The summed E-state index contributed by atoms with van der Waals surface area (Å²) in [6, 6.07) is 7.74. The van der Waals surface area contributed by atoms with Crippen LogP contribution in [0.2, 0.25) is 0 Å². The molecule has 0 fully saturated rings. The molecule has 0 aliphatic carbocycles. The summed E-state index contributed by atoms with van der Waals surface area (Å²) in [4.78, 5) is 12.9. The summed E-state index contributed by atoms with van der Waals surface area (Å²) in [5.74, 6) is -0.198. The first-order valence-corrected chi connectivity index (χ1v) is 12.0. The zero-order valence-electron chi connectivity index (χ0n) is 19.9. The standard InChI is InChI=1S/C26H26F3NO4S/c1-25(2,3)34-23(24(31)32-4)22-19(26(27,28)29)9-8-18(17-13-30-35-14-17)21(22)16-7-10-20-15(12-16)6-5-11-33-20/h7-10,12-14,23H,5-6,11H2,1-4H3. The predicted molar refractivity (Wildman–Crippen MR) is 127 cm³/mol. The minimum absolute atomic E-state index is 0.257.